The number of fused-ring (bicyclic) bond motifs is 1. The number of halogens is 1. The first kappa shape index (κ1) is 13.5. The van der Waals surface area contributed by atoms with Crippen LogP contribution in [0.25, 0.3) is 10.1 Å². The van der Waals surface area contributed by atoms with Crippen LogP contribution >= 0.6 is 34.7 Å². The number of aromatic nitrogens is 2. The maximum absolute atomic E-state index is 11.2. The Hall–Kier alpha value is -1.50. The molecule has 0 unspecified atom stereocenters. The maximum Gasteiger partial charge on any atom is 0.313 e. The van der Waals surface area contributed by atoms with Crippen LogP contribution in [0.1, 0.15) is 5.69 Å². The van der Waals surface area contributed by atoms with Crippen molar-refractivity contribution in [3.05, 3.63) is 61.2 Å². The van der Waals surface area contributed by atoms with Gasteiger partial charge in [-0.1, -0.05) is 11.6 Å². The molecular formula is C13H9ClN2O2S2. The highest BCUT2D eigenvalue weighted by Crippen LogP contribution is 2.32. The first-order valence-electron chi connectivity index (χ1n) is 5.74. The highest BCUT2D eigenvalue weighted by atomic mass is 35.5. The summed E-state index contributed by atoms with van der Waals surface area (Å²) in [6, 6.07) is 8.05. The van der Waals surface area contributed by atoms with Crippen LogP contribution in [0, 0.1) is 0 Å². The van der Waals surface area contributed by atoms with Gasteiger partial charge in [0, 0.05) is 27.2 Å². The Labute approximate surface area is 126 Å². The molecule has 2 aromatic heterocycles. The average Bonchev–Trinajstić information content (AvgIpc) is 2.79. The fraction of sp³-hybridized carbons (Fsp3) is 0.0769. The van der Waals surface area contributed by atoms with Crippen molar-refractivity contribution in [3.63, 3.8) is 0 Å². The highest BCUT2D eigenvalue weighted by Gasteiger charge is 2.03. The minimum Gasteiger partial charge on any atom is -0.323 e. The van der Waals surface area contributed by atoms with Gasteiger partial charge in [0.2, 0.25) is 0 Å². The second-order valence-electron chi connectivity index (χ2n) is 4.14. The summed E-state index contributed by atoms with van der Waals surface area (Å²) in [6.45, 7) is 0. The molecular weight excluding hydrogens is 316 g/mol. The number of thiophene rings is 1. The zero-order chi connectivity index (χ0) is 14.1. The molecule has 1 aromatic carbocycles. The van der Waals surface area contributed by atoms with Gasteiger partial charge in [-0.3, -0.25) is 9.59 Å². The molecule has 0 radical (unpaired) electrons. The van der Waals surface area contributed by atoms with E-state index in [9.17, 15) is 9.59 Å². The average molecular weight is 325 g/mol. The van der Waals surface area contributed by atoms with E-state index in [1.807, 2.05) is 18.2 Å². The van der Waals surface area contributed by atoms with E-state index in [2.05, 4.69) is 16.0 Å². The van der Waals surface area contributed by atoms with Crippen LogP contribution in [0.5, 0.6) is 0 Å². The first-order valence-corrected chi connectivity index (χ1v) is 7.92. The van der Waals surface area contributed by atoms with Crippen LogP contribution in [0.4, 0.5) is 0 Å². The van der Waals surface area contributed by atoms with Gasteiger partial charge in [0.05, 0.1) is 4.34 Å². The van der Waals surface area contributed by atoms with Gasteiger partial charge in [0.25, 0.3) is 0 Å². The van der Waals surface area contributed by atoms with Gasteiger partial charge in [-0.05, 0) is 29.7 Å². The van der Waals surface area contributed by atoms with Gasteiger partial charge in [0.1, 0.15) is 0 Å². The van der Waals surface area contributed by atoms with Crippen molar-refractivity contribution in [3.8, 4) is 0 Å². The fourth-order valence-corrected chi connectivity index (χ4v) is 3.76. The molecule has 0 fully saturated rings. The van der Waals surface area contributed by atoms with Crippen molar-refractivity contribution in [2.75, 3.05) is 0 Å². The van der Waals surface area contributed by atoms with Crippen molar-refractivity contribution in [2.24, 2.45) is 0 Å². The summed E-state index contributed by atoms with van der Waals surface area (Å²) in [5.74, 6) is 0.579. The number of rotatable bonds is 3. The zero-order valence-corrected chi connectivity index (χ0v) is 12.5. The highest BCUT2D eigenvalue weighted by molar-refractivity contribution is 7.98. The van der Waals surface area contributed by atoms with E-state index in [1.165, 1.54) is 6.20 Å². The summed E-state index contributed by atoms with van der Waals surface area (Å²) in [7, 11) is 0. The second kappa shape index (κ2) is 5.47. The minimum atomic E-state index is -0.631. The number of hydrogen-bond acceptors (Lipinski definition) is 4. The van der Waals surface area contributed by atoms with Crippen LogP contribution in [-0.2, 0) is 5.75 Å². The van der Waals surface area contributed by atoms with Gasteiger partial charge < -0.3 is 9.97 Å². The van der Waals surface area contributed by atoms with Crippen molar-refractivity contribution in [2.45, 2.75) is 10.6 Å². The van der Waals surface area contributed by atoms with Crippen LogP contribution in [0.15, 0.2) is 44.9 Å². The molecule has 3 rings (SSSR count). The molecule has 0 aliphatic rings. The summed E-state index contributed by atoms with van der Waals surface area (Å²) < 4.78 is 1.92. The van der Waals surface area contributed by atoms with E-state index >= 15 is 0 Å². The molecule has 0 aliphatic heterocycles. The van der Waals surface area contributed by atoms with Gasteiger partial charge in [-0.15, -0.1) is 23.1 Å². The third-order valence-electron chi connectivity index (χ3n) is 2.71. The SMILES string of the molecule is O=c1[nH]cc(CSc2ccc3sc(Cl)cc3c2)[nH]c1=O. The molecule has 3 aromatic rings. The summed E-state index contributed by atoms with van der Waals surface area (Å²) in [6.07, 6.45) is 1.52. The Balaban J connectivity index is 1.80. The predicted molar refractivity (Wildman–Crippen MR) is 84.1 cm³/mol. The van der Waals surface area contributed by atoms with Crippen molar-refractivity contribution >= 4 is 44.8 Å². The van der Waals surface area contributed by atoms with Gasteiger partial charge in [-0.25, -0.2) is 0 Å². The molecule has 0 saturated heterocycles. The first-order chi connectivity index (χ1) is 9.61. The third-order valence-corrected chi connectivity index (χ3v) is 5.00. The lowest BCUT2D eigenvalue weighted by molar-refractivity contribution is 1.01. The largest absolute Gasteiger partial charge is 0.323 e. The van der Waals surface area contributed by atoms with E-state index in [0.29, 0.717) is 11.4 Å². The van der Waals surface area contributed by atoms with Crippen LogP contribution in [0.3, 0.4) is 0 Å². The second-order valence-corrected chi connectivity index (χ2v) is 6.90. The molecule has 0 spiro atoms. The Morgan fingerprint density at radius 1 is 1.20 bits per heavy atom. The quantitative estimate of drug-likeness (QED) is 0.574. The number of thioether (sulfide) groups is 1. The fourth-order valence-electron chi connectivity index (χ4n) is 1.77. The van der Waals surface area contributed by atoms with Crippen molar-refractivity contribution in [1.82, 2.24) is 9.97 Å². The Kier molecular flexibility index (Phi) is 3.69. The molecule has 20 heavy (non-hydrogen) atoms. The van der Waals surface area contributed by atoms with Crippen LogP contribution in [-0.4, -0.2) is 9.97 Å². The van der Waals surface area contributed by atoms with E-state index in [4.69, 9.17) is 11.6 Å². The summed E-state index contributed by atoms with van der Waals surface area (Å²) in [4.78, 5) is 28.2. The molecule has 102 valence electrons. The standard InChI is InChI=1S/C13H9ClN2O2S2/c14-11-4-7-3-9(1-2-10(7)20-11)19-6-8-5-15-12(17)13(18)16-8/h1-5H,6H2,(H,15,17)(H,16,18). The van der Waals surface area contributed by atoms with Gasteiger partial charge >= 0.3 is 11.1 Å². The molecule has 4 nitrogen and oxygen atoms in total. The number of aromatic amines is 2. The monoisotopic (exact) mass is 324 g/mol. The molecule has 2 N–H and O–H groups in total. The lowest BCUT2D eigenvalue weighted by Crippen LogP contribution is -2.29. The number of benzene rings is 1. The molecule has 7 heteroatoms. The third kappa shape index (κ3) is 2.82. The minimum absolute atomic E-state index is 0.579. The topological polar surface area (TPSA) is 65.7 Å². The predicted octanol–water partition coefficient (Wildman–Crippen LogP) is 3.22. The lowest BCUT2D eigenvalue weighted by atomic mass is 10.3. The molecule has 0 saturated carbocycles. The number of H-pyrrole nitrogens is 2. The summed E-state index contributed by atoms with van der Waals surface area (Å²) >= 11 is 9.11. The molecule has 0 aliphatic carbocycles. The number of nitrogens with one attached hydrogen (secondary N) is 2. The molecule has 2 heterocycles. The Bertz CT molecular complexity index is 882. The Morgan fingerprint density at radius 3 is 2.85 bits per heavy atom. The van der Waals surface area contributed by atoms with E-state index in [0.717, 1.165) is 19.3 Å². The normalized spacial score (nSPS) is 11.1. The van der Waals surface area contributed by atoms with E-state index in [1.54, 1.807) is 23.1 Å². The van der Waals surface area contributed by atoms with E-state index in [-0.39, 0.29) is 0 Å². The maximum atomic E-state index is 11.2. The van der Waals surface area contributed by atoms with Crippen molar-refractivity contribution in [1.29, 1.82) is 0 Å². The smallest absolute Gasteiger partial charge is 0.313 e. The molecule has 0 atom stereocenters. The summed E-state index contributed by atoms with van der Waals surface area (Å²) in [5, 5.41) is 1.11. The van der Waals surface area contributed by atoms with Crippen LogP contribution in [0.2, 0.25) is 4.34 Å². The van der Waals surface area contributed by atoms with Gasteiger partial charge in [0.15, 0.2) is 0 Å². The number of hydrogen-bond donors (Lipinski definition) is 2. The molecule has 0 amide bonds. The Morgan fingerprint density at radius 2 is 2.05 bits per heavy atom. The van der Waals surface area contributed by atoms with E-state index < -0.39 is 11.1 Å². The van der Waals surface area contributed by atoms with Crippen molar-refractivity contribution < 1.29 is 0 Å². The summed E-state index contributed by atoms with van der Waals surface area (Å²) in [5.41, 5.74) is -0.570. The van der Waals surface area contributed by atoms with Crippen LogP contribution < -0.4 is 11.1 Å². The lowest BCUT2D eigenvalue weighted by Gasteiger charge is -2.02. The zero-order valence-electron chi connectivity index (χ0n) is 10.1. The molecule has 0 bridgehead atoms. The van der Waals surface area contributed by atoms with Gasteiger partial charge in [-0.2, -0.15) is 0 Å².